The number of rotatable bonds is 7. The standard InChI is InChI=1S/C20H24N2O3S/c23-14-19(21-20(24)5-4-16-6-11-26-15-16)18-3-1-2-17(12-18)13-22-7-9-25-10-8-22/h1-6,11-12,15,19,23H,7-10,13-14H2,(H,21,24)/b5-4+. The summed E-state index contributed by atoms with van der Waals surface area (Å²) in [6, 6.07) is 9.57. The number of morpholine rings is 1. The number of amides is 1. The Labute approximate surface area is 157 Å². The molecule has 1 fully saturated rings. The number of ether oxygens (including phenoxy) is 1. The normalized spacial score (nSPS) is 16.7. The fraction of sp³-hybridized carbons (Fsp3) is 0.350. The summed E-state index contributed by atoms with van der Waals surface area (Å²) in [5, 5.41) is 16.5. The lowest BCUT2D eigenvalue weighted by atomic mass is 10.0. The molecule has 3 rings (SSSR count). The number of nitrogens with one attached hydrogen (secondary N) is 1. The smallest absolute Gasteiger partial charge is 0.244 e. The number of carbonyl (C=O) groups is 1. The summed E-state index contributed by atoms with van der Waals surface area (Å²) in [5.41, 5.74) is 3.08. The third-order valence-corrected chi connectivity index (χ3v) is 5.03. The zero-order valence-corrected chi connectivity index (χ0v) is 15.5. The molecule has 0 aliphatic carbocycles. The van der Waals surface area contributed by atoms with Gasteiger partial charge in [0.15, 0.2) is 0 Å². The summed E-state index contributed by atoms with van der Waals surface area (Å²) in [4.78, 5) is 14.5. The molecule has 6 heteroatoms. The topological polar surface area (TPSA) is 61.8 Å². The van der Waals surface area contributed by atoms with Crippen LogP contribution in [0.15, 0.2) is 47.2 Å². The summed E-state index contributed by atoms with van der Waals surface area (Å²) in [6.07, 6.45) is 3.28. The van der Waals surface area contributed by atoms with Gasteiger partial charge in [0.25, 0.3) is 0 Å². The van der Waals surface area contributed by atoms with Gasteiger partial charge in [0.2, 0.25) is 5.91 Å². The van der Waals surface area contributed by atoms with Gasteiger partial charge >= 0.3 is 0 Å². The number of hydrogen-bond donors (Lipinski definition) is 2. The number of benzene rings is 1. The van der Waals surface area contributed by atoms with Crippen LogP contribution in [0.2, 0.25) is 0 Å². The molecule has 0 saturated carbocycles. The second kappa shape index (κ2) is 9.64. The van der Waals surface area contributed by atoms with Crippen LogP contribution in [-0.2, 0) is 16.1 Å². The molecule has 1 aromatic carbocycles. The van der Waals surface area contributed by atoms with E-state index in [9.17, 15) is 9.90 Å². The van der Waals surface area contributed by atoms with E-state index in [2.05, 4.69) is 22.3 Å². The molecule has 1 aliphatic rings. The van der Waals surface area contributed by atoms with E-state index in [-0.39, 0.29) is 12.5 Å². The fourth-order valence-electron chi connectivity index (χ4n) is 2.92. The van der Waals surface area contributed by atoms with Crippen LogP contribution in [0.1, 0.15) is 22.7 Å². The molecule has 138 valence electrons. The highest BCUT2D eigenvalue weighted by atomic mass is 32.1. The van der Waals surface area contributed by atoms with Crippen LogP contribution in [0.25, 0.3) is 6.08 Å². The summed E-state index contributed by atoms with van der Waals surface area (Å²) in [5.74, 6) is -0.214. The Morgan fingerprint density at radius 1 is 1.35 bits per heavy atom. The number of aliphatic hydroxyl groups is 1. The number of nitrogens with zero attached hydrogens (tertiary/aromatic N) is 1. The summed E-state index contributed by atoms with van der Waals surface area (Å²) in [7, 11) is 0. The molecule has 1 unspecified atom stereocenters. The van der Waals surface area contributed by atoms with Crippen molar-refractivity contribution in [2.45, 2.75) is 12.6 Å². The molecular weight excluding hydrogens is 348 g/mol. The lowest BCUT2D eigenvalue weighted by molar-refractivity contribution is -0.117. The molecule has 2 aromatic rings. The van der Waals surface area contributed by atoms with E-state index in [1.807, 2.05) is 29.0 Å². The first-order valence-electron chi connectivity index (χ1n) is 8.75. The van der Waals surface area contributed by atoms with Crippen molar-refractivity contribution in [3.05, 3.63) is 63.9 Å². The Balaban J connectivity index is 1.61. The van der Waals surface area contributed by atoms with Gasteiger partial charge in [-0.3, -0.25) is 9.69 Å². The largest absolute Gasteiger partial charge is 0.394 e. The van der Waals surface area contributed by atoms with Crippen molar-refractivity contribution in [3.63, 3.8) is 0 Å². The maximum Gasteiger partial charge on any atom is 0.244 e. The Hall–Kier alpha value is -1.99. The van der Waals surface area contributed by atoms with Crippen LogP contribution in [0.3, 0.4) is 0 Å². The van der Waals surface area contributed by atoms with Crippen LogP contribution in [0.5, 0.6) is 0 Å². The van der Waals surface area contributed by atoms with E-state index in [0.29, 0.717) is 0 Å². The number of thiophene rings is 1. The van der Waals surface area contributed by atoms with Gasteiger partial charge in [0.1, 0.15) is 0 Å². The minimum absolute atomic E-state index is 0.140. The van der Waals surface area contributed by atoms with E-state index in [0.717, 1.165) is 44.0 Å². The van der Waals surface area contributed by atoms with Gasteiger partial charge in [0, 0.05) is 25.7 Å². The second-order valence-corrected chi connectivity index (χ2v) is 7.05. The van der Waals surface area contributed by atoms with Crippen molar-refractivity contribution >= 4 is 23.3 Å². The van der Waals surface area contributed by atoms with Crippen molar-refractivity contribution in [2.75, 3.05) is 32.9 Å². The highest BCUT2D eigenvalue weighted by molar-refractivity contribution is 7.08. The lowest BCUT2D eigenvalue weighted by Gasteiger charge is -2.27. The molecule has 1 atom stereocenters. The van der Waals surface area contributed by atoms with Gasteiger partial charge in [-0.2, -0.15) is 11.3 Å². The molecule has 0 radical (unpaired) electrons. The van der Waals surface area contributed by atoms with E-state index in [4.69, 9.17) is 4.74 Å². The molecule has 0 spiro atoms. The van der Waals surface area contributed by atoms with Crippen molar-refractivity contribution in [1.82, 2.24) is 10.2 Å². The van der Waals surface area contributed by atoms with Gasteiger partial charge in [-0.15, -0.1) is 0 Å². The van der Waals surface area contributed by atoms with Crippen molar-refractivity contribution in [2.24, 2.45) is 0 Å². The Kier molecular flexibility index (Phi) is 6.96. The van der Waals surface area contributed by atoms with Crippen LogP contribution >= 0.6 is 11.3 Å². The molecule has 1 aromatic heterocycles. The Morgan fingerprint density at radius 3 is 2.92 bits per heavy atom. The van der Waals surface area contributed by atoms with Crippen LogP contribution < -0.4 is 5.32 Å². The zero-order valence-electron chi connectivity index (χ0n) is 14.6. The minimum Gasteiger partial charge on any atom is -0.394 e. The van der Waals surface area contributed by atoms with E-state index < -0.39 is 6.04 Å². The molecule has 26 heavy (non-hydrogen) atoms. The maximum absolute atomic E-state index is 12.2. The van der Waals surface area contributed by atoms with Crippen LogP contribution in [0.4, 0.5) is 0 Å². The summed E-state index contributed by atoms with van der Waals surface area (Å²) >= 11 is 1.59. The fourth-order valence-corrected chi connectivity index (χ4v) is 3.55. The molecule has 1 amide bonds. The van der Waals surface area contributed by atoms with Crippen molar-refractivity contribution in [3.8, 4) is 0 Å². The molecule has 2 heterocycles. The summed E-state index contributed by atoms with van der Waals surface area (Å²) < 4.78 is 5.38. The van der Waals surface area contributed by atoms with E-state index in [1.165, 1.54) is 11.6 Å². The third kappa shape index (κ3) is 5.51. The van der Waals surface area contributed by atoms with Crippen molar-refractivity contribution < 1.29 is 14.6 Å². The molecule has 2 N–H and O–H groups in total. The number of aliphatic hydroxyl groups excluding tert-OH is 1. The second-order valence-electron chi connectivity index (χ2n) is 6.27. The monoisotopic (exact) mass is 372 g/mol. The molecule has 1 saturated heterocycles. The van der Waals surface area contributed by atoms with Gasteiger partial charge in [0.05, 0.1) is 25.9 Å². The summed E-state index contributed by atoms with van der Waals surface area (Å²) in [6.45, 7) is 4.10. The molecular formula is C20H24N2O3S. The van der Waals surface area contributed by atoms with E-state index in [1.54, 1.807) is 17.4 Å². The predicted octanol–water partition coefficient (Wildman–Crippen LogP) is 2.44. The number of hydrogen-bond acceptors (Lipinski definition) is 5. The van der Waals surface area contributed by atoms with Gasteiger partial charge < -0.3 is 15.2 Å². The lowest BCUT2D eigenvalue weighted by Crippen LogP contribution is -2.35. The molecule has 0 bridgehead atoms. The quantitative estimate of drug-likeness (QED) is 0.733. The van der Waals surface area contributed by atoms with Crippen molar-refractivity contribution in [1.29, 1.82) is 0 Å². The highest BCUT2D eigenvalue weighted by Crippen LogP contribution is 2.17. The van der Waals surface area contributed by atoms with E-state index >= 15 is 0 Å². The first-order chi connectivity index (χ1) is 12.7. The average molecular weight is 372 g/mol. The number of carbonyl (C=O) groups excluding carboxylic acids is 1. The van der Waals surface area contributed by atoms with Crippen LogP contribution in [-0.4, -0.2) is 48.8 Å². The molecule has 1 aliphatic heterocycles. The average Bonchev–Trinajstić information content (AvgIpc) is 3.19. The predicted molar refractivity (Wildman–Crippen MR) is 104 cm³/mol. The Morgan fingerprint density at radius 2 is 2.19 bits per heavy atom. The highest BCUT2D eigenvalue weighted by Gasteiger charge is 2.15. The van der Waals surface area contributed by atoms with Gasteiger partial charge in [-0.05, 0) is 39.6 Å². The molecule has 5 nitrogen and oxygen atoms in total. The van der Waals surface area contributed by atoms with Crippen LogP contribution in [0, 0.1) is 0 Å². The minimum atomic E-state index is -0.417. The Bertz CT molecular complexity index is 724. The maximum atomic E-state index is 12.2. The van der Waals surface area contributed by atoms with Gasteiger partial charge in [-0.1, -0.05) is 24.3 Å². The zero-order chi connectivity index (χ0) is 18.2. The SMILES string of the molecule is O=C(/C=C/c1ccsc1)NC(CO)c1cccc(CN2CCOCC2)c1. The van der Waals surface area contributed by atoms with Gasteiger partial charge in [-0.25, -0.2) is 0 Å². The first-order valence-corrected chi connectivity index (χ1v) is 9.69. The third-order valence-electron chi connectivity index (χ3n) is 4.33. The first kappa shape index (κ1) is 18.8.